The largest absolute Gasteiger partial charge is 0.480 e. The lowest BCUT2D eigenvalue weighted by atomic mass is 9.98. The number of thiazole rings is 1. The van der Waals surface area contributed by atoms with Crippen molar-refractivity contribution in [2.24, 2.45) is 0 Å². The molecule has 0 aromatic carbocycles. The van der Waals surface area contributed by atoms with E-state index in [1.165, 1.54) is 0 Å². The molecule has 0 bridgehead atoms. The molecule has 1 aromatic heterocycles. The van der Waals surface area contributed by atoms with E-state index in [0.717, 1.165) is 24.4 Å². The summed E-state index contributed by atoms with van der Waals surface area (Å²) in [6.07, 6.45) is 3.43. The summed E-state index contributed by atoms with van der Waals surface area (Å²) in [5, 5.41) is 12.3. The van der Waals surface area contributed by atoms with Gasteiger partial charge in [-0.2, -0.15) is 0 Å². The Labute approximate surface area is 98.9 Å². The summed E-state index contributed by atoms with van der Waals surface area (Å²) in [5.74, 6) is -0.728. The second kappa shape index (κ2) is 4.14. The van der Waals surface area contributed by atoms with E-state index in [1.807, 2.05) is 24.1 Å². The van der Waals surface area contributed by atoms with E-state index in [1.54, 1.807) is 17.5 Å². The molecule has 1 saturated heterocycles. The van der Waals surface area contributed by atoms with Crippen molar-refractivity contribution in [1.29, 1.82) is 0 Å². The van der Waals surface area contributed by atoms with E-state index in [0.29, 0.717) is 0 Å². The van der Waals surface area contributed by atoms with Crippen molar-refractivity contribution in [2.45, 2.75) is 38.3 Å². The number of carboxylic acid groups (broad SMARTS) is 1. The molecule has 1 fully saturated rings. The molecule has 2 unspecified atom stereocenters. The van der Waals surface area contributed by atoms with Crippen molar-refractivity contribution < 1.29 is 9.90 Å². The number of hydrogen-bond acceptors (Lipinski definition) is 4. The van der Waals surface area contributed by atoms with Crippen LogP contribution in [0.3, 0.4) is 0 Å². The third kappa shape index (κ3) is 1.74. The van der Waals surface area contributed by atoms with Gasteiger partial charge in [0.15, 0.2) is 0 Å². The van der Waals surface area contributed by atoms with Gasteiger partial charge in [0, 0.05) is 18.1 Å². The zero-order valence-corrected chi connectivity index (χ0v) is 10.3. The summed E-state index contributed by atoms with van der Waals surface area (Å²) in [6.45, 7) is 4.68. The highest BCUT2D eigenvalue weighted by molar-refractivity contribution is 7.09. The average Bonchev–Trinajstić information content (AvgIpc) is 2.85. The third-order valence-electron chi connectivity index (χ3n) is 3.43. The minimum Gasteiger partial charge on any atom is -0.480 e. The van der Waals surface area contributed by atoms with Crippen LogP contribution in [-0.4, -0.2) is 33.0 Å². The number of carboxylic acids is 1. The normalized spacial score (nSPS) is 28.1. The Morgan fingerprint density at radius 1 is 1.75 bits per heavy atom. The molecule has 0 aliphatic carbocycles. The van der Waals surface area contributed by atoms with Crippen molar-refractivity contribution in [3.63, 3.8) is 0 Å². The Kier molecular flexibility index (Phi) is 2.99. The number of nitrogens with zero attached hydrogens (tertiary/aromatic N) is 2. The van der Waals surface area contributed by atoms with Gasteiger partial charge < -0.3 is 5.11 Å². The van der Waals surface area contributed by atoms with Gasteiger partial charge in [-0.15, -0.1) is 11.3 Å². The van der Waals surface area contributed by atoms with E-state index in [9.17, 15) is 9.90 Å². The van der Waals surface area contributed by atoms with E-state index in [-0.39, 0.29) is 6.04 Å². The minimum atomic E-state index is -0.731. The molecule has 16 heavy (non-hydrogen) atoms. The first kappa shape index (κ1) is 11.5. The van der Waals surface area contributed by atoms with Gasteiger partial charge in [0.1, 0.15) is 10.5 Å². The highest BCUT2D eigenvalue weighted by atomic mass is 32.1. The molecule has 5 heteroatoms. The predicted molar refractivity (Wildman–Crippen MR) is 62.5 cm³/mol. The molecular weight excluding hydrogens is 224 g/mol. The van der Waals surface area contributed by atoms with Crippen LogP contribution in [0.1, 0.15) is 37.7 Å². The van der Waals surface area contributed by atoms with Crippen LogP contribution in [-0.2, 0) is 4.79 Å². The Hall–Kier alpha value is -0.940. The van der Waals surface area contributed by atoms with Gasteiger partial charge in [0.05, 0.1) is 6.04 Å². The number of aliphatic carboxylic acids is 1. The van der Waals surface area contributed by atoms with Gasteiger partial charge in [0.2, 0.25) is 0 Å². The van der Waals surface area contributed by atoms with Crippen LogP contribution in [0.2, 0.25) is 0 Å². The van der Waals surface area contributed by atoms with Crippen molar-refractivity contribution >= 4 is 17.3 Å². The second-order valence-electron chi connectivity index (χ2n) is 4.42. The summed E-state index contributed by atoms with van der Waals surface area (Å²) >= 11 is 1.58. The van der Waals surface area contributed by atoms with Crippen LogP contribution in [0, 0.1) is 0 Å². The Bertz CT molecular complexity index is 379. The van der Waals surface area contributed by atoms with Gasteiger partial charge in [-0.1, -0.05) is 0 Å². The Morgan fingerprint density at radius 3 is 3.06 bits per heavy atom. The molecule has 2 heterocycles. The van der Waals surface area contributed by atoms with Gasteiger partial charge in [-0.05, 0) is 26.7 Å². The molecule has 0 spiro atoms. The van der Waals surface area contributed by atoms with Crippen LogP contribution in [0.15, 0.2) is 11.6 Å². The van der Waals surface area contributed by atoms with Crippen LogP contribution in [0.4, 0.5) is 0 Å². The first-order valence-corrected chi connectivity index (χ1v) is 6.33. The van der Waals surface area contributed by atoms with Gasteiger partial charge in [0.25, 0.3) is 0 Å². The fourth-order valence-corrected chi connectivity index (χ4v) is 3.12. The lowest BCUT2D eigenvalue weighted by molar-refractivity contribution is -0.149. The van der Waals surface area contributed by atoms with E-state index < -0.39 is 11.5 Å². The van der Waals surface area contributed by atoms with E-state index in [2.05, 4.69) is 4.98 Å². The number of rotatable bonds is 3. The van der Waals surface area contributed by atoms with E-state index in [4.69, 9.17) is 0 Å². The summed E-state index contributed by atoms with van der Waals surface area (Å²) in [7, 11) is 0. The first-order valence-electron chi connectivity index (χ1n) is 5.45. The molecule has 1 aromatic rings. The molecule has 88 valence electrons. The molecule has 1 aliphatic rings. The molecule has 0 saturated carbocycles. The lowest BCUT2D eigenvalue weighted by Crippen LogP contribution is -2.48. The predicted octanol–water partition coefficient (Wildman–Crippen LogP) is 2.14. The van der Waals surface area contributed by atoms with Gasteiger partial charge in [-0.3, -0.25) is 9.69 Å². The summed E-state index contributed by atoms with van der Waals surface area (Å²) in [6, 6.07) is 0.0867. The monoisotopic (exact) mass is 240 g/mol. The molecule has 1 N–H and O–H groups in total. The molecule has 4 nitrogen and oxygen atoms in total. The maximum Gasteiger partial charge on any atom is 0.323 e. The quantitative estimate of drug-likeness (QED) is 0.879. The Balaban J connectivity index is 2.24. The molecule has 0 radical (unpaired) electrons. The second-order valence-corrected chi connectivity index (χ2v) is 5.35. The fourth-order valence-electron chi connectivity index (χ4n) is 2.41. The van der Waals surface area contributed by atoms with Crippen LogP contribution < -0.4 is 0 Å². The molecule has 1 aliphatic heterocycles. The maximum atomic E-state index is 11.3. The van der Waals surface area contributed by atoms with Crippen molar-refractivity contribution in [1.82, 2.24) is 9.88 Å². The molecular formula is C11H16N2O2S. The highest BCUT2D eigenvalue weighted by Gasteiger charge is 2.46. The SMILES string of the molecule is CC(c1nccs1)N1CCCC1(C)C(=O)O. The molecule has 2 atom stereocenters. The highest BCUT2D eigenvalue weighted by Crippen LogP contribution is 2.37. The van der Waals surface area contributed by atoms with Crippen molar-refractivity contribution in [3.8, 4) is 0 Å². The minimum absolute atomic E-state index is 0.0867. The Morgan fingerprint density at radius 2 is 2.50 bits per heavy atom. The first-order chi connectivity index (χ1) is 7.55. The zero-order chi connectivity index (χ0) is 11.8. The number of likely N-dealkylation sites (tertiary alicyclic amines) is 1. The van der Waals surface area contributed by atoms with Crippen molar-refractivity contribution in [2.75, 3.05) is 6.54 Å². The number of hydrogen-bond donors (Lipinski definition) is 1. The summed E-state index contributed by atoms with van der Waals surface area (Å²) in [4.78, 5) is 17.7. The summed E-state index contributed by atoms with van der Waals surface area (Å²) < 4.78 is 0. The summed E-state index contributed by atoms with van der Waals surface area (Å²) in [5.41, 5.74) is -0.731. The topological polar surface area (TPSA) is 53.4 Å². The zero-order valence-electron chi connectivity index (χ0n) is 9.51. The number of aromatic nitrogens is 1. The van der Waals surface area contributed by atoms with E-state index >= 15 is 0 Å². The standard InChI is InChI=1S/C11H16N2O2S/c1-8(9-12-5-7-16-9)13-6-3-4-11(13,2)10(14)15/h5,7-8H,3-4,6H2,1-2H3,(H,14,15). The fraction of sp³-hybridized carbons (Fsp3) is 0.636. The third-order valence-corrected chi connectivity index (χ3v) is 4.38. The maximum absolute atomic E-state index is 11.3. The van der Waals surface area contributed by atoms with Crippen LogP contribution >= 0.6 is 11.3 Å². The average molecular weight is 240 g/mol. The van der Waals surface area contributed by atoms with Crippen molar-refractivity contribution in [3.05, 3.63) is 16.6 Å². The molecule has 0 amide bonds. The van der Waals surface area contributed by atoms with Gasteiger partial charge >= 0.3 is 5.97 Å². The van der Waals surface area contributed by atoms with Crippen LogP contribution in [0.25, 0.3) is 0 Å². The smallest absolute Gasteiger partial charge is 0.323 e. The van der Waals surface area contributed by atoms with Crippen LogP contribution in [0.5, 0.6) is 0 Å². The lowest BCUT2D eigenvalue weighted by Gasteiger charge is -2.35. The number of carbonyl (C=O) groups is 1. The van der Waals surface area contributed by atoms with Gasteiger partial charge in [-0.25, -0.2) is 4.98 Å². The molecule has 2 rings (SSSR count).